The summed E-state index contributed by atoms with van der Waals surface area (Å²) in [7, 11) is 0. The third-order valence-electron chi connectivity index (χ3n) is 2.02. The lowest BCUT2D eigenvalue weighted by molar-refractivity contribution is -0.121. The molecule has 2 amide bonds. The quantitative estimate of drug-likeness (QED) is 0.688. The zero-order chi connectivity index (χ0) is 12.7. The number of hydrogen-bond acceptors (Lipinski definition) is 4. The molecule has 0 fully saturated rings. The Morgan fingerprint density at radius 1 is 1.47 bits per heavy atom. The van der Waals surface area contributed by atoms with E-state index in [0.29, 0.717) is 12.1 Å². The number of thiophene rings is 1. The molecular formula is C11H16N2O3S. The smallest absolute Gasteiger partial charge is 0.252 e. The van der Waals surface area contributed by atoms with Gasteiger partial charge in [-0.2, -0.15) is 11.3 Å². The maximum absolute atomic E-state index is 11.5. The van der Waals surface area contributed by atoms with Crippen molar-refractivity contribution in [2.45, 2.75) is 19.4 Å². The van der Waals surface area contributed by atoms with E-state index < -0.39 is 6.10 Å². The van der Waals surface area contributed by atoms with E-state index in [1.807, 2.05) is 5.38 Å². The molecule has 5 nitrogen and oxygen atoms in total. The summed E-state index contributed by atoms with van der Waals surface area (Å²) in [5, 5.41) is 17.7. The van der Waals surface area contributed by atoms with Crippen LogP contribution in [0.1, 0.15) is 23.7 Å². The Balaban J connectivity index is 2.15. The summed E-state index contributed by atoms with van der Waals surface area (Å²) >= 11 is 1.45. The van der Waals surface area contributed by atoms with Crippen molar-refractivity contribution in [3.05, 3.63) is 22.4 Å². The molecule has 0 aliphatic carbocycles. The monoisotopic (exact) mass is 256 g/mol. The standard InChI is InChI=1S/C11H16N2O3S/c1-8(14)6-13-10(15)2-4-12-11(16)9-3-5-17-7-9/h3,5,7-8,14H,2,4,6H2,1H3,(H,12,16)(H,13,15)/t8-/m1/s1. The molecule has 1 rings (SSSR count). The van der Waals surface area contributed by atoms with Crippen LogP contribution >= 0.6 is 11.3 Å². The molecule has 0 spiro atoms. The van der Waals surface area contributed by atoms with E-state index in [4.69, 9.17) is 5.11 Å². The second kappa shape index (κ2) is 7.03. The summed E-state index contributed by atoms with van der Waals surface area (Å²) in [6, 6.07) is 1.73. The van der Waals surface area contributed by atoms with Gasteiger partial charge in [-0.15, -0.1) is 0 Å². The van der Waals surface area contributed by atoms with Gasteiger partial charge in [0.2, 0.25) is 5.91 Å². The fraction of sp³-hybridized carbons (Fsp3) is 0.455. The van der Waals surface area contributed by atoms with Crippen LogP contribution < -0.4 is 10.6 Å². The molecule has 1 aromatic rings. The Kier molecular flexibility index (Phi) is 5.65. The maximum atomic E-state index is 11.5. The molecule has 1 heterocycles. The Morgan fingerprint density at radius 3 is 2.82 bits per heavy atom. The zero-order valence-corrected chi connectivity index (χ0v) is 10.4. The zero-order valence-electron chi connectivity index (χ0n) is 9.60. The van der Waals surface area contributed by atoms with Crippen LogP contribution in [0, 0.1) is 0 Å². The highest BCUT2D eigenvalue weighted by Crippen LogP contribution is 2.04. The molecule has 0 radical (unpaired) electrons. The normalized spacial score (nSPS) is 11.9. The third-order valence-corrected chi connectivity index (χ3v) is 2.70. The van der Waals surface area contributed by atoms with E-state index in [1.54, 1.807) is 18.4 Å². The predicted octanol–water partition coefficient (Wildman–Crippen LogP) is 0.365. The average molecular weight is 256 g/mol. The summed E-state index contributed by atoms with van der Waals surface area (Å²) in [5.41, 5.74) is 0.611. The lowest BCUT2D eigenvalue weighted by atomic mass is 10.3. The van der Waals surface area contributed by atoms with Crippen LogP contribution in [0.25, 0.3) is 0 Å². The molecule has 0 saturated heterocycles. The first-order chi connectivity index (χ1) is 8.09. The van der Waals surface area contributed by atoms with Crippen molar-refractivity contribution in [2.75, 3.05) is 13.1 Å². The first-order valence-electron chi connectivity index (χ1n) is 5.34. The van der Waals surface area contributed by atoms with Crippen molar-refractivity contribution in [2.24, 2.45) is 0 Å². The van der Waals surface area contributed by atoms with Crippen LogP contribution in [-0.4, -0.2) is 36.1 Å². The predicted molar refractivity (Wildman–Crippen MR) is 66.0 cm³/mol. The minimum atomic E-state index is -0.556. The van der Waals surface area contributed by atoms with Crippen LogP contribution in [-0.2, 0) is 4.79 Å². The van der Waals surface area contributed by atoms with Gasteiger partial charge in [0.25, 0.3) is 5.91 Å². The van der Waals surface area contributed by atoms with Crippen molar-refractivity contribution < 1.29 is 14.7 Å². The minimum Gasteiger partial charge on any atom is -0.392 e. The number of amides is 2. The number of carbonyl (C=O) groups is 2. The van der Waals surface area contributed by atoms with Gasteiger partial charge in [-0.1, -0.05) is 0 Å². The van der Waals surface area contributed by atoms with Gasteiger partial charge in [0.15, 0.2) is 0 Å². The van der Waals surface area contributed by atoms with Crippen LogP contribution in [0.15, 0.2) is 16.8 Å². The molecule has 6 heteroatoms. The van der Waals surface area contributed by atoms with Gasteiger partial charge in [-0.25, -0.2) is 0 Å². The molecule has 1 atom stereocenters. The largest absolute Gasteiger partial charge is 0.392 e. The Morgan fingerprint density at radius 2 is 2.24 bits per heavy atom. The van der Waals surface area contributed by atoms with Gasteiger partial charge in [0.1, 0.15) is 0 Å². The average Bonchev–Trinajstić information content (AvgIpc) is 2.79. The summed E-state index contributed by atoms with van der Waals surface area (Å²) in [6.07, 6.45) is -0.345. The molecule has 0 bridgehead atoms. The van der Waals surface area contributed by atoms with Crippen LogP contribution in [0.2, 0.25) is 0 Å². The molecule has 0 aliphatic heterocycles. The van der Waals surface area contributed by atoms with Gasteiger partial charge in [-0.05, 0) is 18.4 Å². The highest BCUT2D eigenvalue weighted by atomic mass is 32.1. The molecule has 0 saturated carbocycles. The van der Waals surface area contributed by atoms with E-state index >= 15 is 0 Å². The second-order valence-electron chi connectivity index (χ2n) is 3.67. The van der Waals surface area contributed by atoms with Gasteiger partial charge >= 0.3 is 0 Å². The van der Waals surface area contributed by atoms with E-state index in [9.17, 15) is 9.59 Å². The maximum Gasteiger partial charge on any atom is 0.252 e. The van der Waals surface area contributed by atoms with E-state index in [0.717, 1.165) is 0 Å². The van der Waals surface area contributed by atoms with E-state index in [-0.39, 0.29) is 24.8 Å². The van der Waals surface area contributed by atoms with Crippen molar-refractivity contribution in [3.8, 4) is 0 Å². The fourth-order valence-electron chi connectivity index (χ4n) is 1.14. The molecule has 17 heavy (non-hydrogen) atoms. The highest BCUT2D eigenvalue weighted by molar-refractivity contribution is 7.08. The summed E-state index contributed by atoms with van der Waals surface area (Å²) in [4.78, 5) is 22.7. The number of carbonyl (C=O) groups excluding carboxylic acids is 2. The topological polar surface area (TPSA) is 78.4 Å². The highest BCUT2D eigenvalue weighted by Gasteiger charge is 2.06. The number of aliphatic hydroxyl groups excluding tert-OH is 1. The van der Waals surface area contributed by atoms with Crippen molar-refractivity contribution >= 4 is 23.2 Å². The van der Waals surface area contributed by atoms with Crippen LogP contribution in [0.3, 0.4) is 0 Å². The molecule has 0 aromatic carbocycles. The number of rotatable bonds is 6. The number of nitrogens with one attached hydrogen (secondary N) is 2. The molecule has 1 aromatic heterocycles. The van der Waals surface area contributed by atoms with Gasteiger partial charge in [0.05, 0.1) is 6.10 Å². The van der Waals surface area contributed by atoms with Crippen molar-refractivity contribution in [1.82, 2.24) is 10.6 Å². The summed E-state index contributed by atoms with van der Waals surface area (Å²) < 4.78 is 0. The van der Waals surface area contributed by atoms with Crippen molar-refractivity contribution in [3.63, 3.8) is 0 Å². The second-order valence-corrected chi connectivity index (χ2v) is 4.45. The first-order valence-corrected chi connectivity index (χ1v) is 6.29. The Labute approximate surface area is 104 Å². The SMILES string of the molecule is C[C@@H](O)CNC(=O)CCNC(=O)c1ccsc1. The van der Waals surface area contributed by atoms with Crippen LogP contribution in [0.5, 0.6) is 0 Å². The third kappa shape index (κ3) is 5.46. The number of hydrogen-bond donors (Lipinski definition) is 3. The number of aliphatic hydroxyl groups is 1. The van der Waals surface area contributed by atoms with Crippen LogP contribution in [0.4, 0.5) is 0 Å². The summed E-state index contributed by atoms with van der Waals surface area (Å²) in [6.45, 7) is 2.12. The van der Waals surface area contributed by atoms with Gasteiger partial charge in [0, 0.05) is 30.5 Å². The first kappa shape index (κ1) is 13.7. The lowest BCUT2D eigenvalue weighted by Gasteiger charge is -2.07. The summed E-state index contributed by atoms with van der Waals surface area (Å²) in [5.74, 6) is -0.355. The van der Waals surface area contributed by atoms with Crippen molar-refractivity contribution in [1.29, 1.82) is 0 Å². The molecular weight excluding hydrogens is 240 g/mol. The minimum absolute atomic E-state index is 0.172. The Bertz CT molecular complexity index is 363. The molecule has 3 N–H and O–H groups in total. The van der Waals surface area contributed by atoms with E-state index in [1.165, 1.54) is 11.3 Å². The fourth-order valence-corrected chi connectivity index (χ4v) is 1.77. The van der Waals surface area contributed by atoms with Gasteiger partial charge < -0.3 is 15.7 Å². The molecule has 94 valence electrons. The molecule has 0 aliphatic rings. The lowest BCUT2D eigenvalue weighted by Crippen LogP contribution is -2.34. The Hall–Kier alpha value is -1.40. The van der Waals surface area contributed by atoms with E-state index in [2.05, 4.69) is 10.6 Å². The molecule has 0 unspecified atom stereocenters. The van der Waals surface area contributed by atoms with Gasteiger partial charge in [-0.3, -0.25) is 9.59 Å².